The maximum Gasteiger partial charge on any atom is 0.402 e. The van der Waals surface area contributed by atoms with E-state index in [1.54, 1.807) is 18.2 Å². The minimum atomic E-state index is -4.72. The number of carbonyl (C=O) groups is 2. The number of nitrogens with zero attached hydrogens (tertiary/aromatic N) is 3. The van der Waals surface area contributed by atoms with Gasteiger partial charge in [-0.3, -0.25) is 9.59 Å². The molecule has 5 rings (SSSR count). The summed E-state index contributed by atoms with van der Waals surface area (Å²) >= 11 is 13.2. The fourth-order valence-electron chi connectivity index (χ4n) is 6.11. The molecule has 2 fully saturated rings. The van der Waals surface area contributed by atoms with Crippen LogP contribution in [-0.2, 0) is 24.8 Å². The number of benzene rings is 2. The average Bonchev–Trinajstić information content (AvgIpc) is 3.56. The van der Waals surface area contributed by atoms with Crippen molar-refractivity contribution < 1.29 is 27.2 Å². The molecule has 0 radical (unpaired) electrons. The van der Waals surface area contributed by atoms with E-state index in [9.17, 15) is 27.2 Å². The molecule has 1 saturated carbocycles. The quantitative estimate of drug-likeness (QED) is 0.241. The highest BCUT2D eigenvalue weighted by Gasteiger charge is 2.52. The summed E-state index contributed by atoms with van der Waals surface area (Å²) in [5.74, 6) is -0.164. The largest absolute Gasteiger partial charge is 0.402 e. The van der Waals surface area contributed by atoms with E-state index in [0.717, 1.165) is 45.0 Å². The van der Waals surface area contributed by atoms with Gasteiger partial charge in [-0.15, -0.1) is 0 Å². The first kappa shape index (κ1) is 34.3. The summed E-state index contributed by atoms with van der Waals surface area (Å²) in [4.78, 5) is 32.7. The second-order valence-electron chi connectivity index (χ2n) is 13.2. The average molecular weight is 685 g/mol. The molecule has 250 valence electrons. The van der Waals surface area contributed by atoms with Gasteiger partial charge in [-0.05, 0) is 81.2 Å². The van der Waals surface area contributed by atoms with Crippen LogP contribution in [0.25, 0.3) is 11.0 Å². The molecule has 1 saturated heterocycles. The van der Waals surface area contributed by atoms with Gasteiger partial charge in [-0.1, -0.05) is 36.2 Å². The van der Waals surface area contributed by atoms with Crippen molar-refractivity contribution in [3.63, 3.8) is 0 Å². The number of aryl methyl sites for hydroxylation is 1. The van der Waals surface area contributed by atoms with E-state index in [2.05, 4.69) is 17.6 Å². The molecule has 1 aliphatic heterocycles. The molecule has 7 nitrogen and oxygen atoms in total. The molecule has 2 amide bonds. The molecule has 1 atom stereocenters. The van der Waals surface area contributed by atoms with Crippen molar-refractivity contribution in [1.29, 1.82) is 0 Å². The molecule has 2 aromatic carbocycles. The number of nitrogens with one attached hydrogen (secondary N) is 2. The number of alkyl halides is 4. The molecule has 0 unspecified atom stereocenters. The summed E-state index contributed by atoms with van der Waals surface area (Å²) in [5.41, 5.74) is 0.725. The fraction of sp³-hybridized carbons (Fsp3) is 0.545. The number of halogens is 6. The fourth-order valence-corrected chi connectivity index (χ4v) is 6.68. The first-order valence-corrected chi connectivity index (χ1v) is 16.3. The number of carbonyl (C=O) groups excluding carboxylic acids is 2. The van der Waals surface area contributed by atoms with Gasteiger partial charge < -0.3 is 20.1 Å². The Hall–Kier alpha value is -3.05. The second-order valence-corrected chi connectivity index (χ2v) is 14.0. The highest BCUT2D eigenvalue weighted by atomic mass is 35.5. The lowest BCUT2D eigenvalue weighted by atomic mass is 9.87. The Bertz CT molecular complexity index is 1630. The van der Waals surface area contributed by atoms with Crippen molar-refractivity contribution in [2.45, 2.75) is 84.2 Å². The Morgan fingerprint density at radius 2 is 1.76 bits per heavy atom. The minimum absolute atomic E-state index is 0.0833. The van der Waals surface area contributed by atoms with Gasteiger partial charge >= 0.3 is 6.18 Å². The second kappa shape index (κ2) is 13.2. The first-order valence-electron chi connectivity index (χ1n) is 15.6. The maximum absolute atomic E-state index is 14.3. The SMILES string of the molecule is CC1CCC(NC(=O)c2cc3nc(Cc4c(Cl)ccc(CNC(=O)C(C)(C)C(F)(F)F)c4Cl)n(C)c3cc2N2CC[C@@H](F)C2)CC1. The molecule has 2 aliphatic rings. The van der Waals surface area contributed by atoms with Gasteiger partial charge in [0.2, 0.25) is 5.91 Å². The third-order valence-electron chi connectivity index (χ3n) is 9.47. The highest BCUT2D eigenvalue weighted by molar-refractivity contribution is 6.36. The molecule has 3 aromatic rings. The van der Waals surface area contributed by atoms with Crippen LogP contribution in [0.15, 0.2) is 24.3 Å². The molecule has 1 aliphatic carbocycles. The van der Waals surface area contributed by atoms with Crippen LogP contribution in [0.1, 0.15) is 80.2 Å². The van der Waals surface area contributed by atoms with Crippen LogP contribution >= 0.6 is 23.2 Å². The molecular weight excluding hydrogens is 645 g/mol. The lowest BCUT2D eigenvalue weighted by Gasteiger charge is -2.28. The summed E-state index contributed by atoms with van der Waals surface area (Å²) in [7, 11) is 1.82. The van der Waals surface area contributed by atoms with Gasteiger partial charge in [0, 0.05) is 44.2 Å². The van der Waals surface area contributed by atoms with E-state index in [4.69, 9.17) is 28.2 Å². The number of amides is 2. The number of fused-ring (bicyclic) bond motifs is 1. The number of imidazole rings is 1. The molecule has 2 heterocycles. The number of aromatic nitrogens is 2. The molecule has 2 N–H and O–H groups in total. The van der Waals surface area contributed by atoms with Crippen LogP contribution < -0.4 is 15.5 Å². The van der Waals surface area contributed by atoms with Gasteiger partial charge in [-0.2, -0.15) is 13.2 Å². The maximum atomic E-state index is 14.3. The predicted molar refractivity (Wildman–Crippen MR) is 172 cm³/mol. The Balaban J connectivity index is 1.44. The van der Waals surface area contributed by atoms with Crippen molar-refractivity contribution in [2.75, 3.05) is 18.0 Å². The minimum Gasteiger partial charge on any atom is -0.368 e. The topological polar surface area (TPSA) is 79.3 Å². The van der Waals surface area contributed by atoms with E-state index in [-0.39, 0.29) is 36.5 Å². The van der Waals surface area contributed by atoms with E-state index < -0.39 is 23.7 Å². The summed E-state index contributed by atoms with van der Waals surface area (Å²) in [6.07, 6.45) is -1.19. The van der Waals surface area contributed by atoms with Crippen LogP contribution in [0.5, 0.6) is 0 Å². The Kier molecular flexibility index (Phi) is 9.85. The van der Waals surface area contributed by atoms with Crippen molar-refractivity contribution in [3.05, 3.63) is 56.8 Å². The summed E-state index contributed by atoms with van der Waals surface area (Å²) in [5, 5.41) is 6.07. The smallest absolute Gasteiger partial charge is 0.368 e. The van der Waals surface area contributed by atoms with Gasteiger partial charge in [0.1, 0.15) is 17.4 Å². The zero-order valence-electron chi connectivity index (χ0n) is 26.3. The lowest BCUT2D eigenvalue weighted by molar-refractivity contribution is -0.211. The Morgan fingerprint density at radius 3 is 2.39 bits per heavy atom. The lowest BCUT2D eigenvalue weighted by Crippen LogP contribution is -2.46. The van der Waals surface area contributed by atoms with Gasteiger partial charge in [-0.25, -0.2) is 9.37 Å². The van der Waals surface area contributed by atoms with E-state index in [0.29, 0.717) is 57.6 Å². The Labute approximate surface area is 276 Å². The molecule has 1 aromatic heterocycles. The van der Waals surface area contributed by atoms with Crippen LogP contribution in [0.3, 0.4) is 0 Å². The van der Waals surface area contributed by atoms with Crippen LogP contribution in [0.4, 0.5) is 23.2 Å². The van der Waals surface area contributed by atoms with Crippen molar-refractivity contribution >= 4 is 51.7 Å². The molecule has 0 bridgehead atoms. The standard InChI is InChI=1S/C33H39Cl2F4N5O2/c1-18-5-8-21(9-6-18)41-30(45)23-13-25-27(15-26(23)44-12-11-20(36)17-44)43(4)28(42-25)14-22-24(34)10-7-19(29(22)35)16-40-31(46)32(2,3)33(37,38)39/h7,10,13,15,18,20-21H,5-6,8-9,11-12,14,16-17H2,1-4H3,(H,40,46)(H,41,45)/t18?,20-,21?/m1/s1. The van der Waals surface area contributed by atoms with Crippen molar-refractivity contribution in [2.24, 2.45) is 18.4 Å². The predicted octanol–water partition coefficient (Wildman–Crippen LogP) is 7.53. The monoisotopic (exact) mass is 683 g/mol. The molecule has 0 spiro atoms. The number of anilines is 1. The highest BCUT2D eigenvalue weighted by Crippen LogP contribution is 2.38. The summed E-state index contributed by atoms with van der Waals surface area (Å²) < 4.78 is 56.2. The zero-order valence-corrected chi connectivity index (χ0v) is 27.8. The summed E-state index contributed by atoms with van der Waals surface area (Å²) in [6, 6.07) is 6.84. The number of hydrogen-bond acceptors (Lipinski definition) is 4. The zero-order chi connectivity index (χ0) is 33.6. The van der Waals surface area contributed by atoms with Gasteiger partial charge in [0.05, 0.1) is 27.3 Å². The van der Waals surface area contributed by atoms with Crippen LogP contribution in [0, 0.1) is 11.3 Å². The first-order chi connectivity index (χ1) is 21.6. The third kappa shape index (κ3) is 6.95. The van der Waals surface area contributed by atoms with Crippen LogP contribution in [0.2, 0.25) is 10.0 Å². The van der Waals surface area contributed by atoms with Crippen LogP contribution in [-0.4, -0.2) is 52.8 Å². The van der Waals surface area contributed by atoms with Crippen molar-refractivity contribution in [3.8, 4) is 0 Å². The third-order valence-corrected chi connectivity index (χ3v) is 10.3. The number of hydrogen-bond donors (Lipinski definition) is 2. The van der Waals surface area contributed by atoms with Gasteiger partial charge in [0.15, 0.2) is 0 Å². The van der Waals surface area contributed by atoms with E-state index in [1.165, 1.54) is 0 Å². The van der Waals surface area contributed by atoms with E-state index >= 15 is 0 Å². The van der Waals surface area contributed by atoms with Crippen molar-refractivity contribution in [1.82, 2.24) is 20.2 Å². The van der Waals surface area contributed by atoms with Gasteiger partial charge in [0.25, 0.3) is 5.91 Å². The molecular formula is C33H39Cl2F4N5O2. The molecule has 13 heteroatoms. The van der Waals surface area contributed by atoms with E-state index in [1.807, 2.05) is 22.6 Å². The Morgan fingerprint density at radius 1 is 1.07 bits per heavy atom. The normalized spacial score (nSPS) is 20.7. The number of rotatable bonds is 8. The molecule has 46 heavy (non-hydrogen) atoms. The summed E-state index contributed by atoms with van der Waals surface area (Å²) in [6.45, 7) is 4.33.